The molecular weight excluding hydrogens is 244 g/mol. The van der Waals surface area contributed by atoms with Crippen molar-refractivity contribution in [3.8, 4) is 0 Å². The second-order valence-electron chi connectivity index (χ2n) is 3.19. The maximum Gasteiger partial charge on any atom is 0.306 e. The Morgan fingerprint density at radius 1 is 1.18 bits per heavy atom. The smallest absolute Gasteiger partial charge is 0.306 e. The monoisotopic (exact) mass is 264 g/mol. The predicted molar refractivity (Wildman–Crippen MR) is 67.4 cm³/mol. The van der Waals surface area contributed by atoms with Crippen molar-refractivity contribution in [1.82, 2.24) is 0 Å². The normalized spacial score (nSPS) is 10.9. The molecule has 0 aromatic carbocycles. The molecule has 0 aliphatic carbocycles. The largest absolute Gasteiger partial charge is 0.466 e. The molecule has 0 aromatic rings. The first-order chi connectivity index (χ1) is 8.31. The van der Waals surface area contributed by atoms with E-state index in [-0.39, 0.29) is 5.97 Å². The fraction of sp³-hybridized carbons (Fsp3) is 0.750. The van der Waals surface area contributed by atoms with E-state index < -0.39 is 0 Å². The third-order valence-electron chi connectivity index (χ3n) is 1.79. The van der Waals surface area contributed by atoms with Crippen molar-refractivity contribution in [3.63, 3.8) is 0 Å². The number of hydrogen-bond donors (Lipinski definition) is 0. The Bertz CT molecular complexity index is 207. The fourth-order valence-corrected chi connectivity index (χ4v) is 1.16. The molecule has 0 unspecified atom stereocenters. The van der Waals surface area contributed by atoms with Gasteiger partial charge >= 0.3 is 5.97 Å². The lowest BCUT2D eigenvalue weighted by Crippen LogP contribution is -2.05. The van der Waals surface area contributed by atoms with E-state index in [9.17, 15) is 4.79 Å². The molecule has 0 spiro atoms. The molecular formula is C12H21ClO4. The lowest BCUT2D eigenvalue weighted by molar-refractivity contribution is -0.143. The number of hydrogen-bond acceptors (Lipinski definition) is 4. The van der Waals surface area contributed by atoms with Crippen LogP contribution in [0, 0.1) is 0 Å². The van der Waals surface area contributed by atoms with Crippen LogP contribution in [-0.2, 0) is 19.0 Å². The predicted octanol–water partition coefficient (Wildman–Crippen LogP) is 2.16. The SMILES string of the molecule is CCOC(=O)CC/C=C/COCCOCCCl. The van der Waals surface area contributed by atoms with Crippen LogP contribution in [0.25, 0.3) is 0 Å². The summed E-state index contributed by atoms with van der Waals surface area (Å²) >= 11 is 5.43. The molecule has 0 aliphatic heterocycles. The number of esters is 1. The lowest BCUT2D eigenvalue weighted by atomic mass is 10.3. The van der Waals surface area contributed by atoms with Gasteiger partial charge in [-0.25, -0.2) is 0 Å². The van der Waals surface area contributed by atoms with Crippen molar-refractivity contribution < 1.29 is 19.0 Å². The number of alkyl halides is 1. The van der Waals surface area contributed by atoms with Gasteiger partial charge in [0.25, 0.3) is 0 Å². The Balaban J connectivity index is 3.17. The molecule has 0 rings (SSSR count). The third kappa shape index (κ3) is 13.4. The van der Waals surface area contributed by atoms with E-state index in [1.165, 1.54) is 0 Å². The molecule has 0 amide bonds. The molecule has 17 heavy (non-hydrogen) atoms. The van der Waals surface area contributed by atoms with E-state index in [1.54, 1.807) is 6.92 Å². The van der Waals surface area contributed by atoms with E-state index in [2.05, 4.69) is 0 Å². The summed E-state index contributed by atoms with van der Waals surface area (Å²) < 4.78 is 15.2. The van der Waals surface area contributed by atoms with E-state index >= 15 is 0 Å². The van der Waals surface area contributed by atoms with Gasteiger partial charge in [0.1, 0.15) is 0 Å². The van der Waals surface area contributed by atoms with Crippen molar-refractivity contribution in [2.45, 2.75) is 19.8 Å². The maximum absolute atomic E-state index is 11.0. The van der Waals surface area contributed by atoms with Crippen LogP contribution in [0.2, 0.25) is 0 Å². The van der Waals surface area contributed by atoms with Crippen LogP contribution in [0.15, 0.2) is 12.2 Å². The van der Waals surface area contributed by atoms with Gasteiger partial charge in [-0.2, -0.15) is 0 Å². The molecule has 100 valence electrons. The number of halogens is 1. The summed E-state index contributed by atoms with van der Waals surface area (Å²) in [7, 11) is 0. The van der Waals surface area contributed by atoms with Gasteiger partial charge in [-0.1, -0.05) is 12.2 Å². The average Bonchev–Trinajstić information content (AvgIpc) is 2.32. The van der Waals surface area contributed by atoms with Gasteiger partial charge in [0.2, 0.25) is 0 Å². The van der Waals surface area contributed by atoms with Gasteiger partial charge in [0, 0.05) is 12.3 Å². The van der Waals surface area contributed by atoms with Crippen LogP contribution in [0.4, 0.5) is 0 Å². The van der Waals surface area contributed by atoms with Gasteiger partial charge in [0.05, 0.1) is 33.0 Å². The minimum absolute atomic E-state index is 0.160. The summed E-state index contributed by atoms with van der Waals surface area (Å²) in [5.41, 5.74) is 0. The zero-order chi connectivity index (χ0) is 12.8. The van der Waals surface area contributed by atoms with E-state index in [0.717, 1.165) is 0 Å². The van der Waals surface area contributed by atoms with Gasteiger partial charge in [0.15, 0.2) is 0 Å². The summed E-state index contributed by atoms with van der Waals surface area (Å²) in [5, 5.41) is 0. The van der Waals surface area contributed by atoms with Gasteiger partial charge < -0.3 is 14.2 Å². The Morgan fingerprint density at radius 3 is 2.65 bits per heavy atom. The van der Waals surface area contributed by atoms with E-state index in [0.29, 0.717) is 51.8 Å². The van der Waals surface area contributed by atoms with Crippen LogP contribution < -0.4 is 0 Å². The maximum atomic E-state index is 11.0. The standard InChI is InChI=1S/C12H21ClO4/c1-2-17-12(14)6-4-3-5-8-15-10-11-16-9-7-13/h3,5H,2,4,6-11H2,1H3/b5-3+. The second-order valence-corrected chi connectivity index (χ2v) is 3.57. The van der Waals surface area contributed by atoms with Gasteiger partial charge in [-0.05, 0) is 13.3 Å². The van der Waals surface area contributed by atoms with Crippen LogP contribution >= 0.6 is 11.6 Å². The lowest BCUT2D eigenvalue weighted by Gasteiger charge is -2.01. The first kappa shape index (κ1) is 16.4. The van der Waals surface area contributed by atoms with Crippen LogP contribution in [-0.4, -0.2) is 44.9 Å². The first-order valence-corrected chi connectivity index (χ1v) is 6.36. The summed E-state index contributed by atoms with van der Waals surface area (Å²) in [5.74, 6) is 0.348. The summed E-state index contributed by atoms with van der Waals surface area (Å²) in [4.78, 5) is 11.0. The molecule has 5 heteroatoms. The quantitative estimate of drug-likeness (QED) is 0.248. The molecule has 0 saturated heterocycles. The highest BCUT2D eigenvalue weighted by Crippen LogP contribution is 1.94. The zero-order valence-electron chi connectivity index (χ0n) is 10.3. The van der Waals surface area contributed by atoms with E-state index in [1.807, 2.05) is 12.2 Å². The zero-order valence-corrected chi connectivity index (χ0v) is 11.1. The summed E-state index contributed by atoms with van der Waals surface area (Å²) in [6, 6.07) is 0. The highest BCUT2D eigenvalue weighted by Gasteiger charge is 1.97. The summed E-state index contributed by atoms with van der Waals surface area (Å²) in [6.07, 6.45) is 4.91. The van der Waals surface area contributed by atoms with Crippen molar-refractivity contribution in [3.05, 3.63) is 12.2 Å². The molecule has 0 fully saturated rings. The van der Waals surface area contributed by atoms with Crippen molar-refractivity contribution in [1.29, 1.82) is 0 Å². The van der Waals surface area contributed by atoms with Crippen molar-refractivity contribution in [2.24, 2.45) is 0 Å². The highest BCUT2D eigenvalue weighted by atomic mass is 35.5. The topological polar surface area (TPSA) is 44.8 Å². The summed E-state index contributed by atoms with van der Waals surface area (Å²) in [6.45, 7) is 4.44. The number of ether oxygens (including phenoxy) is 3. The van der Waals surface area contributed by atoms with Crippen LogP contribution in [0.3, 0.4) is 0 Å². The number of carbonyl (C=O) groups is 1. The van der Waals surface area contributed by atoms with Crippen LogP contribution in [0.1, 0.15) is 19.8 Å². The molecule has 0 N–H and O–H groups in total. The number of allylic oxidation sites excluding steroid dienone is 1. The molecule has 0 heterocycles. The van der Waals surface area contributed by atoms with E-state index in [4.69, 9.17) is 25.8 Å². The molecule has 0 aliphatic rings. The second kappa shape index (κ2) is 13.5. The minimum Gasteiger partial charge on any atom is -0.466 e. The Kier molecular flexibility index (Phi) is 13.0. The van der Waals surface area contributed by atoms with Gasteiger partial charge in [-0.3, -0.25) is 4.79 Å². The number of carbonyl (C=O) groups excluding carboxylic acids is 1. The molecule has 4 nitrogen and oxygen atoms in total. The highest BCUT2D eigenvalue weighted by molar-refractivity contribution is 6.17. The molecule has 0 saturated carbocycles. The van der Waals surface area contributed by atoms with Crippen molar-refractivity contribution in [2.75, 3.05) is 38.9 Å². The third-order valence-corrected chi connectivity index (χ3v) is 1.95. The number of rotatable bonds is 11. The minimum atomic E-state index is -0.160. The molecule has 0 radical (unpaired) electrons. The molecule has 0 atom stereocenters. The van der Waals surface area contributed by atoms with Crippen molar-refractivity contribution >= 4 is 17.6 Å². The Hall–Kier alpha value is -0.580. The molecule has 0 bridgehead atoms. The fourth-order valence-electron chi connectivity index (χ4n) is 1.05. The Labute approximate surface area is 108 Å². The molecule has 0 aromatic heterocycles. The first-order valence-electron chi connectivity index (χ1n) is 5.83. The Morgan fingerprint density at radius 2 is 1.94 bits per heavy atom. The van der Waals surface area contributed by atoms with Gasteiger partial charge in [-0.15, -0.1) is 11.6 Å². The average molecular weight is 265 g/mol. The van der Waals surface area contributed by atoms with Crippen LogP contribution in [0.5, 0.6) is 0 Å².